The highest BCUT2D eigenvalue weighted by Crippen LogP contribution is 2.35. The van der Waals surface area contributed by atoms with E-state index in [1.165, 1.54) is 24.3 Å². The molecule has 2 amide bonds. The summed E-state index contributed by atoms with van der Waals surface area (Å²) in [5.41, 5.74) is 2.86. The van der Waals surface area contributed by atoms with Crippen LogP contribution < -0.4 is 10.2 Å². The van der Waals surface area contributed by atoms with E-state index in [0.29, 0.717) is 25.1 Å². The number of anilines is 1. The van der Waals surface area contributed by atoms with Gasteiger partial charge in [0.05, 0.1) is 18.7 Å². The quantitative estimate of drug-likeness (QED) is 0.843. The van der Waals surface area contributed by atoms with E-state index in [1.807, 2.05) is 30.1 Å². The summed E-state index contributed by atoms with van der Waals surface area (Å²) in [5, 5.41) is 13.3. The fourth-order valence-electron chi connectivity index (χ4n) is 3.84. The van der Waals surface area contributed by atoms with Gasteiger partial charge in [0.1, 0.15) is 5.82 Å². The first-order valence-corrected chi connectivity index (χ1v) is 9.28. The molecule has 7 heteroatoms. The Morgan fingerprint density at radius 2 is 1.93 bits per heavy atom. The van der Waals surface area contributed by atoms with Crippen LogP contribution in [0.25, 0.3) is 0 Å². The van der Waals surface area contributed by atoms with Crippen LogP contribution in [0.15, 0.2) is 42.5 Å². The molecule has 2 aromatic carbocycles. The summed E-state index contributed by atoms with van der Waals surface area (Å²) in [5.74, 6) is -0.763. The van der Waals surface area contributed by atoms with Gasteiger partial charge >= 0.3 is 0 Å². The van der Waals surface area contributed by atoms with E-state index in [2.05, 4.69) is 5.32 Å². The molecule has 0 aromatic heterocycles. The third-order valence-corrected chi connectivity index (χ3v) is 5.39. The molecular formula is C21H22FN3O3. The molecule has 1 aliphatic carbocycles. The van der Waals surface area contributed by atoms with Crippen LogP contribution in [0.4, 0.5) is 10.1 Å². The number of nitrogens with zero attached hydrogens (tertiary/aromatic N) is 2. The van der Waals surface area contributed by atoms with E-state index in [-0.39, 0.29) is 11.8 Å². The molecule has 1 fully saturated rings. The maximum absolute atomic E-state index is 13.1. The van der Waals surface area contributed by atoms with Gasteiger partial charge in [0.2, 0.25) is 5.91 Å². The number of likely N-dealkylation sites (N-methyl/N-ethyl adjacent to an activating group) is 1. The Morgan fingerprint density at radius 3 is 2.64 bits per heavy atom. The fraction of sp³-hybridized carbons (Fsp3) is 0.333. The summed E-state index contributed by atoms with van der Waals surface area (Å²) in [6.45, 7) is 1.75. The van der Waals surface area contributed by atoms with Gasteiger partial charge in [0, 0.05) is 30.8 Å². The molecule has 6 nitrogen and oxygen atoms in total. The molecule has 2 aliphatic rings. The van der Waals surface area contributed by atoms with Crippen molar-refractivity contribution in [3.63, 3.8) is 0 Å². The highest BCUT2D eigenvalue weighted by atomic mass is 19.1. The lowest BCUT2D eigenvalue weighted by atomic mass is 10.0. The van der Waals surface area contributed by atoms with Crippen LogP contribution in [-0.2, 0) is 11.2 Å². The summed E-state index contributed by atoms with van der Waals surface area (Å²) in [4.78, 5) is 28.6. The van der Waals surface area contributed by atoms with E-state index in [0.717, 1.165) is 23.4 Å². The number of piperazine rings is 1. The van der Waals surface area contributed by atoms with Crippen molar-refractivity contribution in [3.8, 4) is 0 Å². The summed E-state index contributed by atoms with van der Waals surface area (Å²) < 4.78 is 13.1. The molecule has 1 aliphatic heterocycles. The van der Waals surface area contributed by atoms with Crippen LogP contribution in [0.5, 0.6) is 0 Å². The zero-order chi connectivity index (χ0) is 19.8. The Balaban J connectivity index is 1.57. The molecule has 0 radical (unpaired) electrons. The van der Waals surface area contributed by atoms with Crippen LogP contribution in [-0.4, -0.2) is 54.6 Å². The monoisotopic (exact) mass is 383 g/mol. The maximum Gasteiger partial charge on any atom is 0.251 e. The highest BCUT2D eigenvalue weighted by molar-refractivity contribution is 5.96. The lowest BCUT2D eigenvalue weighted by molar-refractivity contribution is -0.120. The van der Waals surface area contributed by atoms with Crippen molar-refractivity contribution in [3.05, 3.63) is 65.0 Å². The van der Waals surface area contributed by atoms with Gasteiger partial charge in [-0.1, -0.05) is 6.07 Å². The second-order valence-electron chi connectivity index (χ2n) is 7.40. The van der Waals surface area contributed by atoms with Crippen molar-refractivity contribution in [2.45, 2.75) is 18.6 Å². The van der Waals surface area contributed by atoms with Crippen LogP contribution in [0, 0.1) is 5.82 Å². The van der Waals surface area contributed by atoms with Gasteiger partial charge in [0.15, 0.2) is 0 Å². The zero-order valence-electron chi connectivity index (χ0n) is 15.6. The molecule has 2 atom stereocenters. The summed E-state index contributed by atoms with van der Waals surface area (Å²) in [6, 6.07) is 10.4. The van der Waals surface area contributed by atoms with Gasteiger partial charge < -0.3 is 15.3 Å². The van der Waals surface area contributed by atoms with Crippen molar-refractivity contribution >= 4 is 17.5 Å². The van der Waals surface area contributed by atoms with Gasteiger partial charge in [-0.15, -0.1) is 0 Å². The standard InChI is InChI=1S/C21H22FN3O3/c1-24-8-9-25(19(27)12-24)16-7-4-14-10-18(26)20(17(14)11-16)23-21(28)13-2-5-15(22)6-3-13/h2-7,11,18,20,26H,8-10,12H2,1H3,(H,23,28)/t18-,20-/m0/s1. The minimum absolute atomic E-state index is 0.0270. The molecular weight excluding hydrogens is 361 g/mol. The largest absolute Gasteiger partial charge is 0.390 e. The first-order chi connectivity index (χ1) is 13.4. The Bertz CT molecular complexity index is 916. The van der Waals surface area contributed by atoms with Crippen LogP contribution >= 0.6 is 0 Å². The average molecular weight is 383 g/mol. The van der Waals surface area contributed by atoms with Crippen LogP contribution in [0.3, 0.4) is 0 Å². The van der Waals surface area contributed by atoms with E-state index >= 15 is 0 Å². The lowest BCUT2D eigenvalue weighted by Gasteiger charge is -2.32. The molecule has 0 unspecified atom stereocenters. The zero-order valence-corrected chi connectivity index (χ0v) is 15.6. The molecule has 0 saturated carbocycles. The summed E-state index contributed by atoms with van der Waals surface area (Å²) >= 11 is 0. The topological polar surface area (TPSA) is 72.9 Å². The average Bonchev–Trinajstić information content (AvgIpc) is 2.97. The van der Waals surface area contributed by atoms with Gasteiger partial charge in [0.25, 0.3) is 5.91 Å². The third-order valence-electron chi connectivity index (χ3n) is 5.39. The predicted octanol–water partition coefficient (Wildman–Crippen LogP) is 1.49. The Hall–Kier alpha value is -2.77. The van der Waals surface area contributed by atoms with Gasteiger partial charge in [-0.25, -0.2) is 4.39 Å². The van der Waals surface area contributed by atoms with E-state index in [1.54, 1.807) is 4.90 Å². The van der Waals surface area contributed by atoms with Gasteiger partial charge in [-0.05, 0) is 54.6 Å². The van der Waals surface area contributed by atoms with Crippen molar-refractivity contribution in [1.29, 1.82) is 0 Å². The summed E-state index contributed by atoms with van der Waals surface area (Å²) in [7, 11) is 1.91. The van der Waals surface area contributed by atoms with Crippen LogP contribution in [0.2, 0.25) is 0 Å². The molecule has 2 aromatic rings. The normalized spacial score (nSPS) is 22.2. The van der Waals surface area contributed by atoms with Crippen molar-refractivity contribution in [2.24, 2.45) is 0 Å². The molecule has 28 heavy (non-hydrogen) atoms. The third kappa shape index (κ3) is 3.50. The Morgan fingerprint density at radius 1 is 1.18 bits per heavy atom. The van der Waals surface area contributed by atoms with E-state index < -0.39 is 18.0 Å². The van der Waals surface area contributed by atoms with Gasteiger partial charge in [-0.2, -0.15) is 0 Å². The second-order valence-corrected chi connectivity index (χ2v) is 7.40. The number of carbonyl (C=O) groups is 2. The number of amides is 2. The smallest absolute Gasteiger partial charge is 0.251 e. The first kappa shape index (κ1) is 18.6. The van der Waals surface area contributed by atoms with Crippen molar-refractivity contribution in [2.75, 3.05) is 31.6 Å². The molecule has 1 saturated heterocycles. The number of carbonyl (C=O) groups excluding carboxylic acids is 2. The number of rotatable bonds is 3. The highest BCUT2D eigenvalue weighted by Gasteiger charge is 2.34. The van der Waals surface area contributed by atoms with E-state index in [9.17, 15) is 19.1 Å². The number of benzene rings is 2. The number of hydrogen-bond donors (Lipinski definition) is 2. The lowest BCUT2D eigenvalue weighted by Crippen LogP contribution is -2.49. The van der Waals surface area contributed by atoms with E-state index in [4.69, 9.17) is 0 Å². The molecule has 146 valence electrons. The summed E-state index contributed by atoms with van der Waals surface area (Å²) in [6.07, 6.45) is -0.321. The number of aliphatic hydroxyl groups is 1. The Kier molecular flexibility index (Phi) is 4.87. The first-order valence-electron chi connectivity index (χ1n) is 9.28. The SMILES string of the molecule is CN1CCN(c2ccc3c(c2)[C@H](NC(=O)c2ccc(F)cc2)[C@@H](O)C3)C(=O)C1. The second kappa shape index (κ2) is 7.33. The molecule has 0 spiro atoms. The molecule has 1 heterocycles. The number of aliphatic hydroxyl groups excluding tert-OH is 1. The molecule has 4 rings (SSSR count). The number of nitrogens with one attached hydrogen (secondary N) is 1. The predicted molar refractivity (Wildman–Crippen MR) is 103 cm³/mol. The van der Waals surface area contributed by atoms with Crippen molar-refractivity contribution < 1.29 is 19.1 Å². The fourth-order valence-corrected chi connectivity index (χ4v) is 3.84. The number of fused-ring (bicyclic) bond motifs is 1. The molecule has 2 N–H and O–H groups in total. The minimum Gasteiger partial charge on any atom is -0.390 e. The minimum atomic E-state index is -0.752. The number of halogens is 1. The van der Waals surface area contributed by atoms with Crippen LogP contribution in [0.1, 0.15) is 27.5 Å². The van der Waals surface area contributed by atoms with Gasteiger partial charge in [-0.3, -0.25) is 14.5 Å². The maximum atomic E-state index is 13.1. The van der Waals surface area contributed by atoms with Crippen molar-refractivity contribution in [1.82, 2.24) is 10.2 Å². The Labute approximate surface area is 162 Å². The molecule has 0 bridgehead atoms. The number of hydrogen-bond acceptors (Lipinski definition) is 4.